The van der Waals surface area contributed by atoms with E-state index < -0.39 is 10.0 Å². The average molecular weight is 301 g/mol. The highest BCUT2D eigenvalue weighted by atomic mass is 32.2. The predicted octanol–water partition coefficient (Wildman–Crippen LogP) is 2.46. The minimum atomic E-state index is -3.58. The Labute approximate surface area is 123 Å². The Kier molecular flexibility index (Phi) is 3.61. The lowest BCUT2D eigenvalue weighted by Gasteiger charge is -2.14. The standard InChI is InChI=1S/C16H15NO3S/c18-11-12-5-8-14(9-6-12)21(19,20)17-16-10-7-13-3-1-2-4-15(13)16/h1-6,8-9,11,16-17H,7,10H2/t16-/m0/s1. The van der Waals surface area contributed by atoms with Gasteiger partial charge in [0.2, 0.25) is 10.0 Å². The summed E-state index contributed by atoms with van der Waals surface area (Å²) in [4.78, 5) is 10.8. The van der Waals surface area contributed by atoms with Crippen LogP contribution in [0, 0.1) is 0 Å². The van der Waals surface area contributed by atoms with Crippen LogP contribution in [0.3, 0.4) is 0 Å². The van der Waals surface area contributed by atoms with Crippen LogP contribution >= 0.6 is 0 Å². The second-order valence-electron chi connectivity index (χ2n) is 5.10. The van der Waals surface area contributed by atoms with Crippen LogP contribution in [0.4, 0.5) is 0 Å². The van der Waals surface area contributed by atoms with E-state index in [1.807, 2.05) is 24.3 Å². The molecule has 3 rings (SSSR count). The summed E-state index contributed by atoms with van der Waals surface area (Å²) in [6, 6.07) is 13.6. The van der Waals surface area contributed by atoms with Gasteiger partial charge in [-0.3, -0.25) is 4.79 Å². The Morgan fingerprint density at radius 2 is 1.76 bits per heavy atom. The first kappa shape index (κ1) is 14.0. The van der Waals surface area contributed by atoms with E-state index in [4.69, 9.17) is 0 Å². The van der Waals surface area contributed by atoms with Gasteiger partial charge in [-0.1, -0.05) is 36.4 Å². The number of sulfonamides is 1. The Hall–Kier alpha value is -1.98. The van der Waals surface area contributed by atoms with E-state index in [-0.39, 0.29) is 10.9 Å². The number of carbonyl (C=O) groups excluding carboxylic acids is 1. The quantitative estimate of drug-likeness (QED) is 0.882. The van der Waals surface area contributed by atoms with Gasteiger partial charge in [-0.15, -0.1) is 0 Å². The zero-order chi connectivity index (χ0) is 14.9. The van der Waals surface area contributed by atoms with Gasteiger partial charge in [-0.25, -0.2) is 13.1 Å². The Morgan fingerprint density at radius 1 is 1.05 bits per heavy atom. The van der Waals surface area contributed by atoms with Crippen LogP contribution < -0.4 is 4.72 Å². The highest BCUT2D eigenvalue weighted by Gasteiger charge is 2.26. The summed E-state index contributed by atoms with van der Waals surface area (Å²) in [5.41, 5.74) is 2.70. The van der Waals surface area contributed by atoms with Crippen LogP contribution in [-0.2, 0) is 16.4 Å². The van der Waals surface area contributed by atoms with Crippen molar-refractivity contribution in [1.82, 2.24) is 4.72 Å². The summed E-state index contributed by atoms with van der Waals surface area (Å²) in [7, 11) is -3.58. The first-order valence-electron chi connectivity index (χ1n) is 6.75. The van der Waals surface area contributed by atoms with Crippen LogP contribution in [0.1, 0.15) is 33.9 Å². The molecule has 1 aliphatic carbocycles. The van der Waals surface area contributed by atoms with E-state index >= 15 is 0 Å². The highest BCUT2D eigenvalue weighted by Crippen LogP contribution is 2.31. The van der Waals surface area contributed by atoms with Crippen molar-refractivity contribution in [2.45, 2.75) is 23.8 Å². The number of aryl methyl sites for hydroxylation is 1. The van der Waals surface area contributed by atoms with Gasteiger partial charge >= 0.3 is 0 Å². The van der Waals surface area contributed by atoms with Gasteiger partial charge in [0.15, 0.2) is 0 Å². The summed E-state index contributed by atoms with van der Waals surface area (Å²) in [5.74, 6) is 0. The van der Waals surface area contributed by atoms with Crippen molar-refractivity contribution in [3.63, 3.8) is 0 Å². The average Bonchev–Trinajstić information content (AvgIpc) is 2.90. The number of hydrogen-bond acceptors (Lipinski definition) is 3. The van der Waals surface area contributed by atoms with Crippen molar-refractivity contribution in [1.29, 1.82) is 0 Å². The molecule has 5 heteroatoms. The molecule has 108 valence electrons. The van der Waals surface area contributed by atoms with Crippen molar-refractivity contribution in [2.75, 3.05) is 0 Å². The summed E-state index contributed by atoms with van der Waals surface area (Å²) >= 11 is 0. The lowest BCUT2D eigenvalue weighted by molar-refractivity contribution is 0.112. The number of fused-ring (bicyclic) bond motifs is 1. The third-order valence-corrected chi connectivity index (χ3v) is 5.24. The normalized spacial score (nSPS) is 17.4. The number of hydrogen-bond donors (Lipinski definition) is 1. The molecule has 0 saturated carbocycles. The van der Waals surface area contributed by atoms with Crippen LogP contribution in [-0.4, -0.2) is 14.7 Å². The maximum Gasteiger partial charge on any atom is 0.241 e. The topological polar surface area (TPSA) is 63.2 Å². The molecule has 0 bridgehead atoms. The predicted molar refractivity (Wildman–Crippen MR) is 79.7 cm³/mol. The van der Waals surface area contributed by atoms with Crippen LogP contribution in [0.5, 0.6) is 0 Å². The molecule has 4 nitrogen and oxygen atoms in total. The van der Waals surface area contributed by atoms with E-state index in [1.54, 1.807) is 0 Å². The number of rotatable bonds is 4. The molecule has 2 aromatic carbocycles. The first-order chi connectivity index (χ1) is 10.1. The van der Waals surface area contributed by atoms with Gasteiger partial charge in [0.1, 0.15) is 6.29 Å². The zero-order valence-corrected chi connectivity index (χ0v) is 12.1. The van der Waals surface area contributed by atoms with Gasteiger partial charge in [-0.2, -0.15) is 0 Å². The van der Waals surface area contributed by atoms with E-state index in [0.29, 0.717) is 11.8 Å². The van der Waals surface area contributed by atoms with Crippen LogP contribution in [0.25, 0.3) is 0 Å². The molecule has 1 N–H and O–H groups in total. The Morgan fingerprint density at radius 3 is 2.48 bits per heavy atom. The molecule has 1 atom stereocenters. The van der Waals surface area contributed by atoms with Crippen molar-refractivity contribution in [3.8, 4) is 0 Å². The molecule has 0 radical (unpaired) electrons. The van der Waals surface area contributed by atoms with E-state index in [0.717, 1.165) is 18.4 Å². The molecule has 0 spiro atoms. The van der Waals surface area contributed by atoms with Crippen molar-refractivity contribution >= 4 is 16.3 Å². The second-order valence-corrected chi connectivity index (χ2v) is 6.81. The Balaban J connectivity index is 1.85. The summed E-state index contributed by atoms with van der Waals surface area (Å²) in [6.45, 7) is 0. The van der Waals surface area contributed by atoms with Gasteiger partial charge in [-0.05, 0) is 36.1 Å². The van der Waals surface area contributed by atoms with E-state index in [2.05, 4.69) is 4.72 Å². The van der Waals surface area contributed by atoms with Crippen molar-refractivity contribution in [2.24, 2.45) is 0 Å². The monoisotopic (exact) mass is 301 g/mol. The van der Waals surface area contributed by atoms with Crippen molar-refractivity contribution < 1.29 is 13.2 Å². The second kappa shape index (κ2) is 5.42. The SMILES string of the molecule is O=Cc1ccc(S(=O)(=O)N[C@H]2CCc3ccccc32)cc1. The lowest BCUT2D eigenvalue weighted by Crippen LogP contribution is -2.27. The molecule has 1 aliphatic rings. The molecule has 0 aromatic heterocycles. The first-order valence-corrected chi connectivity index (χ1v) is 8.24. The van der Waals surface area contributed by atoms with Crippen molar-refractivity contribution in [3.05, 3.63) is 65.2 Å². The van der Waals surface area contributed by atoms with Gasteiger partial charge < -0.3 is 0 Å². The third kappa shape index (κ3) is 2.75. The summed E-state index contributed by atoms with van der Waals surface area (Å²) < 4.78 is 27.5. The van der Waals surface area contributed by atoms with Gasteiger partial charge in [0, 0.05) is 11.6 Å². The smallest absolute Gasteiger partial charge is 0.241 e. The van der Waals surface area contributed by atoms with Crippen LogP contribution in [0.2, 0.25) is 0 Å². The number of aldehydes is 1. The zero-order valence-electron chi connectivity index (χ0n) is 11.3. The molecule has 0 saturated heterocycles. The molecule has 21 heavy (non-hydrogen) atoms. The largest absolute Gasteiger partial charge is 0.298 e. The number of benzene rings is 2. The van der Waals surface area contributed by atoms with E-state index in [1.165, 1.54) is 29.8 Å². The third-order valence-electron chi connectivity index (χ3n) is 3.76. The number of carbonyl (C=O) groups is 1. The Bertz CT molecular complexity index is 766. The molecule has 2 aromatic rings. The molecule has 0 fully saturated rings. The van der Waals surface area contributed by atoms with Gasteiger partial charge in [0.25, 0.3) is 0 Å². The minimum Gasteiger partial charge on any atom is -0.298 e. The number of nitrogens with one attached hydrogen (secondary N) is 1. The maximum absolute atomic E-state index is 12.4. The molecular weight excluding hydrogens is 286 g/mol. The molecule has 0 heterocycles. The molecule has 0 amide bonds. The summed E-state index contributed by atoms with van der Waals surface area (Å²) in [6.07, 6.45) is 2.34. The fourth-order valence-corrected chi connectivity index (χ4v) is 3.91. The van der Waals surface area contributed by atoms with Crippen LogP contribution in [0.15, 0.2) is 53.4 Å². The highest BCUT2D eigenvalue weighted by molar-refractivity contribution is 7.89. The fourth-order valence-electron chi connectivity index (χ4n) is 2.66. The fraction of sp³-hybridized carbons (Fsp3) is 0.188. The minimum absolute atomic E-state index is 0.178. The molecule has 0 unspecified atom stereocenters. The van der Waals surface area contributed by atoms with E-state index in [9.17, 15) is 13.2 Å². The van der Waals surface area contributed by atoms with Gasteiger partial charge in [0.05, 0.1) is 4.90 Å². The summed E-state index contributed by atoms with van der Waals surface area (Å²) in [5, 5.41) is 0. The maximum atomic E-state index is 12.4. The molecular formula is C16H15NO3S. The lowest BCUT2D eigenvalue weighted by atomic mass is 10.1. The molecule has 0 aliphatic heterocycles.